The van der Waals surface area contributed by atoms with Crippen molar-refractivity contribution in [3.8, 4) is 5.75 Å². The van der Waals surface area contributed by atoms with Crippen LogP contribution in [0.5, 0.6) is 5.75 Å². The average molecular weight is 394 g/mol. The molecule has 1 heterocycles. The minimum absolute atomic E-state index is 0.00126. The Morgan fingerprint density at radius 1 is 1.21 bits per heavy atom. The first-order valence-electron chi connectivity index (χ1n) is 8.23. The van der Waals surface area contributed by atoms with E-state index in [1.807, 2.05) is 0 Å². The molecule has 0 fully saturated rings. The van der Waals surface area contributed by atoms with Crippen molar-refractivity contribution in [2.24, 2.45) is 10.1 Å². The van der Waals surface area contributed by atoms with Crippen molar-refractivity contribution in [1.82, 2.24) is 10.7 Å². The van der Waals surface area contributed by atoms with Gasteiger partial charge in [-0.25, -0.2) is 10.4 Å². The van der Waals surface area contributed by atoms with Crippen LogP contribution in [0, 0.1) is 0 Å². The highest BCUT2D eigenvalue weighted by molar-refractivity contribution is 6.13. The Kier molecular flexibility index (Phi) is 7.61. The molecular formula is C17H22N4O7. The molecule has 0 radical (unpaired) electrons. The fourth-order valence-corrected chi connectivity index (χ4v) is 2.18. The van der Waals surface area contributed by atoms with Crippen LogP contribution in [0.15, 0.2) is 40.1 Å². The van der Waals surface area contributed by atoms with E-state index in [1.54, 1.807) is 37.5 Å². The zero-order valence-corrected chi connectivity index (χ0v) is 14.9. The maximum absolute atomic E-state index is 11.9. The third kappa shape index (κ3) is 5.58. The number of carbonyl (C=O) groups is 1. The number of aliphatic hydroxyl groups is 5. The number of aliphatic imine (C=N–C) groups is 1. The molecule has 11 heteroatoms. The lowest BCUT2D eigenvalue weighted by Gasteiger charge is -2.23. The maximum Gasteiger partial charge on any atom is 0.276 e. The number of guanidine groups is 1. The Morgan fingerprint density at radius 2 is 1.89 bits per heavy atom. The van der Waals surface area contributed by atoms with Crippen LogP contribution in [0.3, 0.4) is 0 Å². The molecule has 4 unspecified atom stereocenters. The van der Waals surface area contributed by atoms with Gasteiger partial charge in [0.15, 0.2) is 0 Å². The van der Waals surface area contributed by atoms with Crippen LogP contribution in [0.25, 0.3) is 6.08 Å². The molecule has 152 valence electrons. The van der Waals surface area contributed by atoms with Crippen LogP contribution in [0.1, 0.15) is 5.56 Å². The molecule has 2 rings (SSSR count). The number of ether oxygens (including phenoxy) is 1. The summed E-state index contributed by atoms with van der Waals surface area (Å²) in [7, 11) is 1.55. The Morgan fingerprint density at radius 3 is 2.50 bits per heavy atom. The normalized spacial score (nSPS) is 19.9. The van der Waals surface area contributed by atoms with Gasteiger partial charge in [0, 0.05) is 0 Å². The minimum Gasteiger partial charge on any atom is -0.497 e. The number of aliphatic hydroxyl groups excluding tert-OH is 5. The molecule has 0 spiro atoms. The molecule has 1 aliphatic rings. The smallest absolute Gasteiger partial charge is 0.276 e. The maximum atomic E-state index is 11.9. The van der Waals surface area contributed by atoms with Gasteiger partial charge in [-0.3, -0.25) is 10.1 Å². The number of nitrogens with zero attached hydrogens (tertiary/aromatic N) is 2. The molecule has 0 bridgehead atoms. The van der Waals surface area contributed by atoms with E-state index in [2.05, 4.69) is 20.8 Å². The molecule has 0 saturated heterocycles. The fraction of sp³-hybridized carbons (Fsp3) is 0.353. The molecule has 11 nitrogen and oxygen atoms in total. The van der Waals surface area contributed by atoms with Gasteiger partial charge in [0.05, 0.1) is 19.9 Å². The van der Waals surface area contributed by atoms with Crippen molar-refractivity contribution in [2.45, 2.75) is 24.4 Å². The van der Waals surface area contributed by atoms with Gasteiger partial charge >= 0.3 is 0 Å². The zero-order chi connectivity index (χ0) is 20.7. The molecular weight excluding hydrogens is 372 g/mol. The van der Waals surface area contributed by atoms with Crippen LogP contribution in [-0.4, -0.2) is 81.7 Å². The summed E-state index contributed by atoms with van der Waals surface area (Å²) in [4.78, 5) is 15.9. The molecule has 0 aliphatic carbocycles. The first-order valence-corrected chi connectivity index (χ1v) is 8.23. The lowest BCUT2D eigenvalue weighted by Crippen LogP contribution is -2.46. The third-order valence-electron chi connectivity index (χ3n) is 3.79. The van der Waals surface area contributed by atoms with Crippen LogP contribution >= 0.6 is 0 Å². The summed E-state index contributed by atoms with van der Waals surface area (Å²) in [6, 6.07) is 6.98. The SMILES string of the molecule is COc1ccc(/C=C2/N=C(N/N=C\C(O)C(O)C(O)C(O)CO)NC2=O)cc1. The summed E-state index contributed by atoms with van der Waals surface area (Å²) >= 11 is 0. The van der Waals surface area contributed by atoms with Crippen molar-refractivity contribution in [3.05, 3.63) is 35.5 Å². The van der Waals surface area contributed by atoms with Crippen molar-refractivity contribution in [1.29, 1.82) is 0 Å². The second kappa shape index (κ2) is 9.92. The second-order valence-electron chi connectivity index (χ2n) is 5.83. The number of carbonyl (C=O) groups excluding carboxylic acids is 1. The van der Waals surface area contributed by atoms with E-state index >= 15 is 0 Å². The number of methoxy groups -OCH3 is 1. The van der Waals surface area contributed by atoms with Crippen LogP contribution in [0.2, 0.25) is 0 Å². The minimum atomic E-state index is -1.78. The molecule has 1 amide bonds. The Bertz CT molecular complexity index is 763. The zero-order valence-electron chi connectivity index (χ0n) is 14.9. The average Bonchev–Trinajstić information content (AvgIpc) is 3.05. The van der Waals surface area contributed by atoms with Gasteiger partial charge in [-0.1, -0.05) is 12.1 Å². The highest BCUT2D eigenvalue weighted by Gasteiger charge is 2.29. The van der Waals surface area contributed by atoms with E-state index in [-0.39, 0.29) is 11.7 Å². The highest BCUT2D eigenvalue weighted by atomic mass is 16.5. The van der Waals surface area contributed by atoms with Gasteiger partial charge in [0.2, 0.25) is 5.96 Å². The molecule has 4 atom stereocenters. The van der Waals surface area contributed by atoms with E-state index in [0.29, 0.717) is 5.75 Å². The van der Waals surface area contributed by atoms with Crippen LogP contribution in [0.4, 0.5) is 0 Å². The van der Waals surface area contributed by atoms with Crippen molar-refractivity contribution in [3.63, 3.8) is 0 Å². The molecule has 28 heavy (non-hydrogen) atoms. The van der Waals surface area contributed by atoms with Crippen molar-refractivity contribution in [2.75, 3.05) is 13.7 Å². The highest BCUT2D eigenvalue weighted by Crippen LogP contribution is 2.15. The first-order chi connectivity index (χ1) is 13.3. The topological polar surface area (TPSA) is 176 Å². The monoisotopic (exact) mass is 394 g/mol. The van der Waals surface area contributed by atoms with Crippen LogP contribution < -0.4 is 15.5 Å². The Balaban J connectivity index is 1.97. The summed E-state index contributed by atoms with van der Waals surface area (Å²) in [5.41, 5.74) is 3.24. The van der Waals surface area contributed by atoms with E-state index in [1.165, 1.54) is 0 Å². The first kappa shape index (κ1) is 21.5. The number of hydrogen-bond acceptors (Lipinski definition) is 10. The standard InChI is InChI=1S/C17H22N4O7/c1-28-10-4-2-9(3-5-10)6-11-16(27)20-17(19-11)21-18-7-12(23)14(25)15(26)13(24)8-22/h2-7,12-15,22-26H,8H2,1H3,(H2,19,20,21,27)/b11-6+,18-7-. The molecule has 7 N–H and O–H groups in total. The van der Waals surface area contributed by atoms with Gasteiger partial charge in [0.25, 0.3) is 5.91 Å². The molecule has 1 aliphatic heterocycles. The molecule has 1 aromatic rings. The van der Waals surface area contributed by atoms with E-state index in [9.17, 15) is 25.2 Å². The predicted molar refractivity (Wildman–Crippen MR) is 99.3 cm³/mol. The number of amides is 1. The summed E-state index contributed by atoms with van der Waals surface area (Å²) < 4.78 is 5.06. The second-order valence-corrected chi connectivity index (χ2v) is 5.83. The summed E-state index contributed by atoms with van der Waals surface area (Å²) in [6.07, 6.45) is -4.41. The number of hydrazone groups is 1. The molecule has 0 saturated carbocycles. The Hall–Kier alpha value is -2.83. The lowest BCUT2D eigenvalue weighted by atomic mass is 10.0. The number of benzene rings is 1. The predicted octanol–water partition coefficient (Wildman–Crippen LogP) is -2.47. The number of hydrogen-bond donors (Lipinski definition) is 7. The summed E-state index contributed by atoms with van der Waals surface area (Å²) in [6.45, 7) is -0.785. The van der Waals surface area contributed by atoms with E-state index < -0.39 is 36.9 Å². The summed E-state index contributed by atoms with van der Waals surface area (Å²) in [5.74, 6) is 0.213. The van der Waals surface area contributed by atoms with Gasteiger partial charge in [0.1, 0.15) is 35.9 Å². The van der Waals surface area contributed by atoms with Crippen molar-refractivity contribution >= 4 is 24.2 Å². The van der Waals surface area contributed by atoms with Gasteiger partial charge in [-0.15, -0.1) is 0 Å². The summed E-state index contributed by atoms with van der Waals surface area (Å²) in [5, 5.41) is 52.9. The third-order valence-corrected chi connectivity index (χ3v) is 3.79. The lowest BCUT2D eigenvalue weighted by molar-refractivity contribution is -0.115. The Labute approximate surface area is 160 Å². The van der Waals surface area contributed by atoms with Gasteiger partial charge in [-0.2, -0.15) is 5.10 Å². The number of rotatable bonds is 8. The molecule has 1 aromatic carbocycles. The van der Waals surface area contributed by atoms with Crippen molar-refractivity contribution < 1.29 is 35.1 Å². The van der Waals surface area contributed by atoms with Crippen LogP contribution in [-0.2, 0) is 4.79 Å². The van der Waals surface area contributed by atoms with Gasteiger partial charge in [-0.05, 0) is 23.8 Å². The number of nitrogens with one attached hydrogen (secondary N) is 2. The fourth-order valence-electron chi connectivity index (χ4n) is 2.18. The largest absolute Gasteiger partial charge is 0.497 e. The molecule has 0 aromatic heterocycles. The van der Waals surface area contributed by atoms with Gasteiger partial charge < -0.3 is 30.3 Å². The quantitative estimate of drug-likeness (QED) is 0.144. The van der Waals surface area contributed by atoms with E-state index in [0.717, 1.165) is 11.8 Å². The van der Waals surface area contributed by atoms with E-state index in [4.69, 9.17) is 9.84 Å².